The van der Waals surface area contributed by atoms with Gasteiger partial charge < -0.3 is 9.47 Å². The van der Waals surface area contributed by atoms with E-state index >= 15 is 0 Å². The van der Waals surface area contributed by atoms with Crippen LogP contribution in [0.5, 0.6) is 0 Å². The van der Waals surface area contributed by atoms with Crippen LogP contribution >= 0.6 is 0 Å². The molecule has 0 amide bonds. The molecule has 1 aliphatic carbocycles. The maximum atomic E-state index is 11.6. The van der Waals surface area contributed by atoms with Gasteiger partial charge in [0.05, 0.1) is 25.6 Å². The number of esters is 2. The minimum atomic E-state index is -0.303. The lowest BCUT2D eigenvalue weighted by Gasteiger charge is -2.27. The third-order valence-corrected chi connectivity index (χ3v) is 2.86. The van der Waals surface area contributed by atoms with Crippen LogP contribution in [0.4, 0.5) is 0 Å². The molecule has 0 unspecified atom stereocenters. The van der Waals surface area contributed by atoms with Gasteiger partial charge in [0, 0.05) is 0 Å². The van der Waals surface area contributed by atoms with Gasteiger partial charge in [-0.05, 0) is 19.8 Å². The molecule has 0 heterocycles. The predicted octanol–water partition coefficient (Wildman–Crippen LogP) is 1.53. The first-order valence-electron chi connectivity index (χ1n) is 5.45. The van der Waals surface area contributed by atoms with Crippen molar-refractivity contribution in [1.29, 1.82) is 0 Å². The summed E-state index contributed by atoms with van der Waals surface area (Å²) in [6.07, 6.45) is 3.43. The second-order valence-corrected chi connectivity index (χ2v) is 3.77. The maximum Gasteiger partial charge on any atom is 0.309 e. The zero-order chi connectivity index (χ0) is 11.3. The largest absolute Gasteiger partial charge is 0.469 e. The quantitative estimate of drug-likeness (QED) is 0.668. The summed E-state index contributed by atoms with van der Waals surface area (Å²) in [7, 11) is 1.36. The van der Waals surface area contributed by atoms with E-state index in [4.69, 9.17) is 9.47 Å². The molecule has 0 aromatic carbocycles. The molecule has 1 saturated carbocycles. The number of hydrogen-bond acceptors (Lipinski definition) is 4. The fourth-order valence-electron chi connectivity index (χ4n) is 2.10. The molecule has 0 saturated heterocycles. The lowest BCUT2D eigenvalue weighted by molar-refractivity contribution is -0.161. The molecule has 2 atom stereocenters. The van der Waals surface area contributed by atoms with Crippen LogP contribution in [0.2, 0.25) is 0 Å². The molecule has 1 fully saturated rings. The van der Waals surface area contributed by atoms with Crippen molar-refractivity contribution in [3.63, 3.8) is 0 Å². The van der Waals surface area contributed by atoms with Gasteiger partial charge in [0.15, 0.2) is 0 Å². The third kappa shape index (κ3) is 2.94. The van der Waals surface area contributed by atoms with Gasteiger partial charge in [-0.1, -0.05) is 12.8 Å². The molecule has 0 bridgehead atoms. The Morgan fingerprint density at radius 2 is 1.67 bits per heavy atom. The summed E-state index contributed by atoms with van der Waals surface area (Å²) in [6, 6.07) is 0. The van der Waals surface area contributed by atoms with Gasteiger partial charge in [-0.25, -0.2) is 0 Å². The molecule has 0 aromatic rings. The summed E-state index contributed by atoms with van der Waals surface area (Å²) in [5.74, 6) is -1.14. The highest BCUT2D eigenvalue weighted by Crippen LogP contribution is 2.31. The number of ether oxygens (including phenoxy) is 2. The fraction of sp³-hybridized carbons (Fsp3) is 0.818. The van der Waals surface area contributed by atoms with E-state index in [9.17, 15) is 9.59 Å². The second-order valence-electron chi connectivity index (χ2n) is 3.77. The van der Waals surface area contributed by atoms with Gasteiger partial charge >= 0.3 is 11.9 Å². The van der Waals surface area contributed by atoms with Gasteiger partial charge in [-0.3, -0.25) is 9.59 Å². The minimum absolute atomic E-state index is 0.257. The van der Waals surface area contributed by atoms with E-state index in [1.807, 2.05) is 0 Å². The van der Waals surface area contributed by atoms with Crippen LogP contribution in [0.1, 0.15) is 32.6 Å². The van der Waals surface area contributed by atoms with Crippen LogP contribution < -0.4 is 0 Å². The first-order valence-corrected chi connectivity index (χ1v) is 5.45. The zero-order valence-corrected chi connectivity index (χ0v) is 9.32. The van der Waals surface area contributed by atoms with E-state index in [0.717, 1.165) is 25.7 Å². The lowest BCUT2D eigenvalue weighted by Crippen LogP contribution is -2.34. The highest BCUT2D eigenvalue weighted by molar-refractivity contribution is 5.82. The molecular weight excluding hydrogens is 196 g/mol. The van der Waals surface area contributed by atoms with Gasteiger partial charge in [0.25, 0.3) is 0 Å². The molecule has 4 heteroatoms. The highest BCUT2D eigenvalue weighted by Gasteiger charge is 2.37. The molecule has 86 valence electrons. The average Bonchev–Trinajstić information content (AvgIpc) is 2.28. The standard InChI is InChI=1S/C11H18O4/c1-3-15-11(13)9-7-5-4-6-8(9)10(12)14-2/h8-9H,3-7H2,1-2H3/t8-,9+/m0/s1. The molecule has 0 aromatic heterocycles. The molecule has 1 aliphatic rings. The number of hydrogen-bond donors (Lipinski definition) is 0. The predicted molar refractivity (Wildman–Crippen MR) is 54.1 cm³/mol. The molecule has 15 heavy (non-hydrogen) atoms. The maximum absolute atomic E-state index is 11.6. The number of carbonyl (C=O) groups is 2. The lowest BCUT2D eigenvalue weighted by atomic mass is 9.79. The van der Waals surface area contributed by atoms with E-state index in [1.165, 1.54) is 7.11 Å². The highest BCUT2D eigenvalue weighted by atomic mass is 16.5. The molecular formula is C11H18O4. The average molecular weight is 214 g/mol. The monoisotopic (exact) mass is 214 g/mol. The molecule has 0 N–H and O–H groups in total. The second kappa shape index (κ2) is 5.73. The smallest absolute Gasteiger partial charge is 0.309 e. The summed E-state index contributed by atoms with van der Waals surface area (Å²) in [6.45, 7) is 2.14. The van der Waals surface area contributed by atoms with Crippen LogP contribution in [0.3, 0.4) is 0 Å². The van der Waals surface area contributed by atoms with E-state index < -0.39 is 0 Å². The molecule has 1 rings (SSSR count). The molecule has 4 nitrogen and oxygen atoms in total. The van der Waals surface area contributed by atoms with Crippen molar-refractivity contribution in [3.8, 4) is 0 Å². The van der Waals surface area contributed by atoms with Gasteiger partial charge in [-0.2, -0.15) is 0 Å². The Labute approximate surface area is 89.9 Å². The Bertz CT molecular complexity index is 237. The van der Waals surface area contributed by atoms with E-state index in [-0.39, 0.29) is 23.8 Å². The summed E-state index contributed by atoms with van der Waals surface area (Å²) in [5.41, 5.74) is 0. The first-order chi connectivity index (χ1) is 7.20. The van der Waals surface area contributed by atoms with Crippen molar-refractivity contribution in [2.24, 2.45) is 11.8 Å². The molecule has 0 spiro atoms. The summed E-state index contributed by atoms with van der Waals surface area (Å²) >= 11 is 0. The Morgan fingerprint density at radius 1 is 1.13 bits per heavy atom. The number of methoxy groups -OCH3 is 1. The Morgan fingerprint density at radius 3 is 2.13 bits per heavy atom. The Hall–Kier alpha value is -1.06. The van der Waals surface area contributed by atoms with E-state index in [2.05, 4.69) is 0 Å². The topological polar surface area (TPSA) is 52.6 Å². The third-order valence-electron chi connectivity index (χ3n) is 2.86. The van der Waals surface area contributed by atoms with Crippen molar-refractivity contribution in [3.05, 3.63) is 0 Å². The fourth-order valence-corrected chi connectivity index (χ4v) is 2.10. The summed E-state index contributed by atoms with van der Waals surface area (Å²) in [4.78, 5) is 23.1. The first kappa shape index (κ1) is 12.0. The van der Waals surface area contributed by atoms with Crippen molar-refractivity contribution in [1.82, 2.24) is 0 Å². The van der Waals surface area contributed by atoms with Crippen molar-refractivity contribution in [2.75, 3.05) is 13.7 Å². The van der Waals surface area contributed by atoms with Crippen LogP contribution in [0.15, 0.2) is 0 Å². The molecule has 0 radical (unpaired) electrons. The zero-order valence-electron chi connectivity index (χ0n) is 9.32. The van der Waals surface area contributed by atoms with Crippen molar-refractivity contribution < 1.29 is 19.1 Å². The van der Waals surface area contributed by atoms with E-state index in [1.54, 1.807) is 6.92 Å². The van der Waals surface area contributed by atoms with Crippen molar-refractivity contribution in [2.45, 2.75) is 32.6 Å². The minimum Gasteiger partial charge on any atom is -0.469 e. The number of rotatable bonds is 3. The Kier molecular flexibility index (Phi) is 4.59. The van der Waals surface area contributed by atoms with Crippen molar-refractivity contribution >= 4 is 11.9 Å². The van der Waals surface area contributed by atoms with Gasteiger partial charge in [0.1, 0.15) is 0 Å². The summed E-state index contributed by atoms with van der Waals surface area (Å²) in [5, 5.41) is 0. The Balaban J connectivity index is 2.65. The van der Waals surface area contributed by atoms with Crippen LogP contribution in [-0.2, 0) is 19.1 Å². The van der Waals surface area contributed by atoms with Crippen LogP contribution in [-0.4, -0.2) is 25.7 Å². The number of carbonyl (C=O) groups excluding carboxylic acids is 2. The van der Waals surface area contributed by atoms with Crippen LogP contribution in [0, 0.1) is 11.8 Å². The van der Waals surface area contributed by atoms with Gasteiger partial charge in [-0.15, -0.1) is 0 Å². The SMILES string of the molecule is CCOC(=O)[C@@H]1CCCC[C@@H]1C(=O)OC. The van der Waals surface area contributed by atoms with E-state index in [0.29, 0.717) is 6.61 Å². The summed E-state index contributed by atoms with van der Waals surface area (Å²) < 4.78 is 9.66. The normalized spacial score (nSPS) is 25.7. The van der Waals surface area contributed by atoms with Gasteiger partial charge in [0.2, 0.25) is 0 Å². The molecule has 0 aliphatic heterocycles. The van der Waals surface area contributed by atoms with Crippen LogP contribution in [0.25, 0.3) is 0 Å².